The summed E-state index contributed by atoms with van der Waals surface area (Å²) in [6.45, 7) is 3.16. The molecule has 0 bridgehead atoms. The highest BCUT2D eigenvalue weighted by Gasteiger charge is 2.19. The first-order valence-corrected chi connectivity index (χ1v) is 7.50. The van der Waals surface area contributed by atoms with Gasteiger partial charge in [0.05, 0.1) is 5.56 Å². The Labute approximate surface area is 134 Å². The molecule has 2 aromatic rings. The largest absolute Gasteiger partial charge is 0.478 e. The molecule has 1 aliphatic heterocycles. The molecular formula is C18H18N2O3. The van der Waals surface area contributed by atoms with Gasteiger partial charge in [-0.2, -0.15) is 0 Å². The number of fused-ring (bicyclic) bond motifs is 1. The molecule has 1 aliphatic rings. The predicted molar refractivity (Wildman–Crippen MR) is 88.9 cm³/mol. The number of carboxylic acid groups (broad SMARTS) is 1. The van der Waals surface area contributed by atoms with Crippen LogP contribution in [0.25, 0.3) is 0 Å². The van der Waals surface area contributed by atoms with Crippen molar-refractivity contribution in [2.24, 2.45) is 0 Å². The van der Waals surface area contributed by atoms with Gasteiger partial charge in [-0.25, -0.2) is 4.79 Å². The fourth-order valence-corrected chi connectivity index (χ4v) is 2.89. The average Bonchev–Trinajstić information content (AvgIpc) is 2.89. The van der Waals surface area contributed by atoms with Crippen molar-refractivity contribution >= 4 is 23.3 Å². The van der Waals surface area contributed by atoms with Crippen LogP contribution in [0.2, 0.25) is 0 Å². The van der Waals surface area contributed by atoms with E-state index in [4.69, 9.17) is 5.11 Å². The van der Waals surface area contributed by atoms with E-state index in [1.165, 1.54) is 18.2 Å². The van der Waals surface area contributed by atoms with Gasteiger partial charge in [0.25, 0.3) is 0 Å². The average molecular weight is 310 g/mol. The number of carbonyl (C=O) groups excluding carboxylic acids is 1. The normalized spacial score (nSPS) is 12.8. The van der Waals surface area contributed by atoms with Crippen LogP contribution in [0.4, 0.5) is 11.4 Å². The van der Waals surface area contributed by atoms with Crippen molar-refractivity contribution in [2.75, 3.05) is 16.8 Å². The maximum Gasteiger partial charge on any atom is 0.335 e. The van der Waals surface area contributed by atoms with Crippen molar-refractivity contribution in [3.05, 3.63) is 59.2 Å². The Morgan fingerprint density at radius 2 is 1.91 bits per heavy atom. The highest BCUT2D eigenvalue weighted by molar-refractivity contribution is 5.89. The number of aromatic carboxylic acids is 1. The summed E-state index contributed by atoms with van der Waals surface area (Å²) >= 11 is 0. The summed E-state index contributed by atoms with van der Waals surface area (Å²) in [5, 5.41) is 11.7. The molecule has 0 saturated carbocycles. The number of anilines is 2. The molecule has 1 heterocycles. The van der Waals surface area contributed by atoms with E-state index in [9.17, 15) is 9.59 Å². The summed E-state index contributed by atoms with van der Waals surface area (Å²) in [4.78, 5) is 24.3. The number of amides is 1. The number of benzene rings is 2. The molecule has 23 heavy (non-hydrogen) atoms. The Morgan fingerprint density at radius 1 is 1.17 bits per heavy atom. The van der Waals surface area contributed by atoms with Gasteiger partial charge >= 0.3 is 5.97 Å². The van der Waals surface area contributed by atoms with Crippen LogP contribution < -0.4 is 10.2 Å². The predicted octanol–water partition coefficient (Wildman–Crippen LogP) is 2.91. The van der Waals surface area contributed by atoms with Gasteiger partial charge in [0.1, 0.15) is 0 Å². The maximum atomic E-state index is 11.1. The van der Waals surface area contributed by atoms with Crippen LogP contribution in [0.5, 0.6) is 0 Å². The molecule has 2 N–H and O–H groups in total. The molecule has 5 nitrogen and oxygen atoms in total. The zero-order chi connectivity index (χ0) is 16.4. The number of nitrogens with zero attached hydrogens (tertiary/aromatic N) is 1. The number of carbonyl (C=O) groups is 2. The van der Waals surface area contributed by atoms with E-state index in [0.717, 1.165) is 30.8 Å². The van der Waals surface area contributed by atoms with Gasteiger partial charge in [-0.3, -0.25) is 4.79 Å². The van der Waals surface area contributed by atoms with Gasteiger partial charge in [-0.15, -0.1) is 0 Å². The van der Waals surface area contributed by atoms with Crippen molar-refractivity contribution in [1.29, 1.82) is 0 Å². The lowest BCUT2D eigenvalue weighted by Gasteiger charge is -2.20. The van der Waals surface area contributed by atoms with E-state index in [1.807, 2.05) is 30.3 Å². The summed E-state index contributed by atoms with van der Waals surface area (Å²) in [7, 11) is 0. The van der Waals surface area contributed by atoms with Crippen LogP contribution >= 0.6 is 0 Å². The Kier molecular flexibility index (Phi) is 4.02. The van der Waals surface area contributed by atoms with Crippen LogP contribution in [-0.2, 0) is 17.8 Å². The first kappa shape index (κ1) is 15.1. The standard InChI is InChI=1S/C18H18N2O3/c1-12(21)19-16-6-7-17-15(10-16)8-9-20(17)11-13-2-4-14(5-3-13)18(22)23/h2-7,10H,8-9,11H2,1H3,(H,19,21)(H,22,23). The van der Waals surface area contributed by atoms with E-state index >= 15 is 0 Å². The van der Waals surface area contributed by atoms with Crippen LogP contribution in [-0.4, -0.2) is 23.5 Å². The SMILES string of the molecule is CC(=O)Nc1ccc2c(c1)CCN2Cc1ccc(C(=O)O)cc1. The van der Waals surface area contributed by atoms with E-state index in [0.29, 0.717) is 5.56 Å². The molecule has 5 heteroatoms. The monoisotopic (exact) mass is 310 g/mol. The quantitative estimate of drug-likeness (QED) is 0.911. The topological polar surface area (TPSA) is 69.6 Å². The highest BCUT2D eigenvalue weighted by Crippen LogP contribution is 2.31. The summed E-state index contributed by atoms with van der Waals surface area (Å²) in [5.74, 6) is -0.980. The van der Waals surface area contributed by atoms with Crippen LogP contribution in [0.3, 0.4) is 0 Å². The van der Waals surface area contributed by atoms with Gasteiger partial charge in [0, 0.05) is 31.4 Å². The Hall–Kier alpha value is -2.82. The molecule has 0 radical (unpaired) electrons. The van der Waals surface area contributed by atoms with Crippen molar-refractivity contribution in [3.8, 4) is 0 Å². The van der Waals surface area contributed by atoms with Gasteiger partial charge in [0.2, 0.25) is 5.91 Å². The number of nitrogens with one attached hydrogen (secondary N) is 1. The molecule has 0 unspecified atom stereocenters. The summed E-state index contributed by atoms with van der Waals surface area (Å²) in [6.07, 6.45) is 0.940. The minimum atomic E-state index is -0.909. The zero-order valence-electron chi connectivity index (χ0n) is 12.9. The van der Waals surface area contributed by atoms with Crippen molar-refractivity contribution in [2.45, 2.75) is 19.9 Å². The fraction of sp³-hybridized carbons (Fsp3) is 0.222. The van der Waals surface area contributed by atoms with Crippen LogP contribution in [0.15, 0.2) is 42.5 Å². The molecule has 0 saturated heterocycles. The van der Waals surface area contributed by atoms with E-state index in [-0.39, 0.29) is 5.91 Å². The number of rotatable bonds is 4. The molecule has 0 fully saturated rings. The smallest absolute Gasteiger partial charge is 0.335 e. The Balaban J connectivity index is 1.74. The second-order valence-corrected chi connectivity index (χ2v) is 5.70. The van der Waals surface area contributed by atoms with Gasteiger partial charge in [-0.1, -0.05) is 12.1 Å². The van der Waals surface area contributed by atoms with Crippen LogP contribution in [0, 0.1) is 0 Å². The van der Waals surface area contributed by atoms with E-state index in [1.54, 1.807) is 12.1 Å². The van der Waals surface area contributed by atoms with Crippen molar-refractivity contribution in [1.82, 2.24) is 0 Å². The molecule has 2 aromatic carbocycles. The molecule has 0 spiro atoms. The molecule has 3 rings (SSSR count). The minimum absolute atomic E-state index is 0.0710. The number of carboxylic acids is 1. The van der Waals surface area contributed by atoms with Gasteiger partial charge in [-0.05, 0) is 47.9 Å². The van der Waals surface area contributed by atoms with E-state index < -0.39 is 5.97 Å². The second-order valence-electron chi connectivity index (χ2n) is 5.70. The summed E-state index contributed by atoms with van der Waals surface area (Å²) in [5.41, 5.74) is 4.59. The van der Waals surface area contributed by atoms with Gasteiger partial charge in [0.15, 0.2) is 0 Å². The zero-order valence-corrected chi connectivity index (χ0v) is 12.9. The van der Waals surface area contributed by atoms with Crippen molar-refractivity contribution < 1.29 is 14.7 Å². The molecular weight excluding hydrogens is 292 g/mol. The second kappa shape index (κ2) is 6.12. The summed E-state index contributed by atoms with van der Waals surface area (Å²) < 4.78 is 0. The fourth-order valence-electron chi connectivity index (χ4n) is 2.89. The third kappa shape index (κ3) is 3.34. The van der Waals surface area contributed by atoms with E-state index in [2.05, 4.69) is 10.2 Å². The van der Waals surface area contributed by atoms with Crippen molar-refractivity contribution in [3.63, 3.8) is 0 Å². The minimum Gasteiger partial charge on any atom is -0.478 e. The Bertz CT molecular complexity index is 753. The first-order chi connectivity index (χ1) is 11.0. The molecule has 0 atom stereocenters. The van der Waals surface area contributed by atoms with Crippen LogP contribution in [0.1, 0.15) is 28.4 Å². The summed E-state index contributed by atoms with van der Waals surface area (Å²) in [6, 6.07) is 12.9. The molecule has 0 aromatic heterocycles. The lowest BCUT2D eigenvalue weighted by molar-refractivity contribution is -0.114. The third-order valence-corrected chi connectivity index (χ3v) is 3.97. The molecule has 1 amide bonds. The molecule has 118 valence electrons. The lowest BCUT2D eigenvalue weighted by Crippen LogP contribution is -2.19. The third-order valence-electron chi connectivity index (χ3n) is 3.97. The highest BCUT2D eigenvalue weighted by atomic mass is 16.4. The number of hydrogen-bond donors (Lipinski definition) is 2. The lowest BCUT2D eigenvalue weighted by atomic mass is 10.1. The Morgan fingerprint density at radius 3 is 2.57 bits per heavy atom. The first-order valence-electron chi connectivity index (χ1n) is 7.50. The molecule has 0 aliphatic carbocycles. The van der Waals surface area contributed by atoms with Gasteiger partial charge < -0.3 is 15.3 Å². The maximum absolute atomic E-state index is 11.1. The number of hydrogen-bond acceptors (Lipinski definition) is 3.